The fourth-order valence-corrected chi connectivity index (χ4v) is 1.64. The molecule has 1 unspecified atom stereocenters. The van der Waals surface area contributed by atoms with E-state index in [1.54, 1.807) is 0 Å². The van der Waals surface area contributed by atoms with Crippen LogP contribution in [0.15, 0.2) is 0 Å². The normalized spacial score (nSPS) is 30.0. The second-order valence-electron chi connectivity index (χ2n) is 3.81. The maximum Gasteiger partial charge on any atom is 0.135 e. The summed E-state index contributed by atoms with van der Waals surface area (Å²) >= 11 is 0. The summed E-state index contributed by atoms with van der Waals surface area (Å²) in [6, 6.07) is 0. The van der Waals surface area contributed by atoms with E-state index in [2.05, 4.69) is 5.32 Å². The Balaban J connectivity index is 2.25. The number of hydrogen-bond donors (Lipinski definition) is 1. The third-order valence-corrected chi connectivity index (χ3v) is 2.44. The molecule has 78 valence electrons. The second-order valence-corrected chi connectivity index (χ2v) is 3.81. The molecule has 0 aromatic carbocycles. The average molecular weight is 189 g/mol. The van der Waals surface area contributed by atoms with E-state index in [0.29, 0.717) is 19.4 Å². The van der Waals surface area contributed by atoms with Crippen molar-refractivity contribution in [2.24, 2.45) is 0 Å². The molecule has 1 aliphatic heterocycles. The van der Waals surface area contributed by atoms with Crippen LogP contribution >= 0.6 is 0 Å². The van der Waals surface area contributed by atoms with Gasteiger partial charge < -0.3 is 10.1 Å². The molecule has 1 N–H and O–H groups in total. The lowest BCUT2D eigenvalue weighted by molar-refractivity contribution is 0.00752. The fraction of sp³-hybridized carbons (Fsp3) is 1.00. The fourth-order valence-electron chi connectivity index (χ4n) is 1.64. The van der Waals surface area contributed by atoms with Gasteiger partial charge in [0, 0.05) is 6.61 Å². The van der Waals surface area contributed by atoms with Crippen LogP contribution in [0.25, 0.3) is 0 Å². The smallest absolute Gasteiger partial charge is 0.135 e. The van der Waals surface area contributed by atoms with Gasteiger partial charge in [0.2, 0.25) is 0 Å². The van der Waals surface area contributed by atoms with Gasteiger partial charge in [0.25, 0.3) is 0 Å². The van der Waals surface area contributed by atoms with Crippen molar-refractivity contribution in [3.05, 3.63) is 0 Å². The lowest BCUT2D eigenvalue weighted by Crippen LogP contribution is -2.30. The third-order valence-electron chi connectivity index (χ3n) is 2.44. The minimum Gasteiger partial charge on any atom is -0.378 e. The second kappa shape index (κ2) is 5.55. The van der Waals surface area contributed by atoms with Crippen molar-refractivity contribution in [3.63, 3.8) is 0 Å². The molecule has 0 aromatic heterocycles. The van der Waals surface area contributed by atoms with E-state index in [9.17, 15) is 4.39 Å². The van der Waals surface area contributed by atoms with Gasteiger partial charge in [0.1, 0.15) is 5.67 Å². The average Bonchev–Trinajstić information content (AvgIpc) is 2.31. The Bertz CT molecular complexity index is 133. The van der Waals surface area contributed by atoms with Crippen LogP contribution in [0.5, 0.6) is 0 Å². The van der Waals surface area contributed by atoms with Crippen molar-refractivity contribution in [1.29, 1.82) is 0 Å². The molecule has 0 radical (unpaired) electrons. The summed E-state index contributed by atoms with van der Waals surface area (Å²) in [5.41, 5.74) is -1.07. The number of ether oxygens (including phenoxy) is 1. The first kappa shape index (κ1) is 10.9. The van der Waals surface area contributed by atoms with Crippen LogP contribution < -0.4 is 5.32 Å². The molecule has 1 saturated heterocycles. The number of hydrogen-bond acceptors (Lipinski definition) is 2. The van der Waals surface area contributed by atoms with Gasteiger partial charge in [0.15, 0.2) is 0 Å². The van der Waals surface area contributed by atoms with Crippen LogP contribution in [0.3, 0.4) is 0 Å². The van der Waals surface area contributed by atoms with Crippen molar-refractivity contribution >= 4 is 0 Å². The summed E-state index contributed by atoms with van der Waals surface area (Å²) in [5.74, 6) is 0. The molecule has 0 aliphatic carbocycles. The molecular formula is C10H20FNO. The van der Waals surface area contributed by atoms with Gasteiger partial charge in [-0.2, -0.15) is 0 Å². The van der Waals surface area contributed by atoms with Crippen LogP contribution in [-0.4, -0.2) is 32.0 Å². The Morgan fingerprint density at radius 3 is 3.00 bits per heavy atom. The van der Waals surface area contributed by atoms with E-state index < -0.39 is 5.67 Å². The molecule has 2 nitrogen and oxygen atoms in total. The number of halogens is 1. The van der Waals surface area contributed by atoms with Gasteiger partial charge in [-0.25, -0.2) is 4.39 Å². The molecular weight excluding hydrogens is 169 g/mol. The molecule has 1 aliphatic rings. The highest BCUT2D eigenvalue weighted by atomic mass is 19.1. The van der Waals surface area contributed by atoms with Crippen LogP contribution in [0.4, 0.5) is 4.39 Å². The predicted octanol–water partition coefficient (Wildman–Crippen LogP) is 1.89. The number of rotatable bonds is 4. The predicted molar refractivity (Wildman–Crippen MR) is 51.7 cm³/mol. The first-order chi connectivity index (χ1) is 6.27. The topological polar surface area (TPSA) is 21.3 Å². The van der Waals surface area contributed by atoms with Gasteiger partial charge in [-0.3, -0.25) is 0 Å². The van der Waals surface area contributed by atoms with Gasteiger partial charge in [-0.1, -0.05) is 6.92 Å². The lowest BCUT2D eigenvalue weighted by atomic mass is 9.98. The van der Waals surface area contributed by atoms with Crippen LogP contribution in [0.1, 0.15) is 32.6 Å². The maximum atomic E-state index is 14.0. The Morgan fingerprint density at radius 2 is 2.23 bits per heavy atom. The zero-order valence-corrected chi connectivity index (χ0v) is 8.44. The Hall–Kier alpha value is -0.150. The largest absolute Gasteiger partial charge is 0.378 e. The summed E-state index contributed by atoms with van der Waals surface area (Å²) in [5, 5.41) is 3.20. The lowest BCUT2D eigenvalue weighted by Gasteiger charge is -2.22. The van der Waals surface area contributed by atoms with Crippen molar-refractivity contribution in [2.75, 3.05) is 26.3 Å². The molecule has 0 spiro atoms. The Kier molecular flexibility index (Phi) is 4.67. The highest BCUT2D eigenvalue weighted by Gasteiger charge is 2.30. The van der Waals surface area contributed by atoms with Crippen LogP contribution in [0, 0.1) is 0 Å². The monoisotopic (exact) mass is 189 g/mol. The zero-order chi connectivity index (χ0) is 9.57. The SMILES string of the molecule is CCCOCC1(F)CCCNCC1. The molecule has 0 bridgehead atoms. The van der Waals surface area contributed by atoms with E-state index in [-0.39, 0.29) is 6.61 Å². The molecule has 3 heteroatoms. The summed E-state index contributed by atoms with van der Waals surface area (Å²) in [6.45, 7) is 4.73. The first-order valence-corrected chi connectivity index (χ1v) is 5.24. The molecule has 0 saturated carbocycles. The van der Waals surface area contributed by atoms with Crippen LogP contribution in [-0.2, 0) is 4.74 Å². The van der Waals surface area contributed by atoms with Crippen molar-refractivity contribution in [3.8, 4) is 0 Å². The summed E-state index contributed by atoms with van der Waals surface area (Å²) in [6.07, 6.45) is 3.13. The molecule has 1 rings (SSSR count). The molecule has 1 heterocycles. The van der Waals surface area contributed by atoms with E-state index in [0.717, 1.165) is 25.9 Å². The summed E-state index contributed by atoms with van der Waals surface area (Å²) in [7, 11) is 0. The molecule has 13 heavy (non-hydrogen) atoms. The van der Waals surface area contributed by atoms with E-state index in [1.165, 1.54) is 0 Å². The highest BCUT2D eigenvalue weighted by molar-refractivity contribution is 4.82. The van der Waals surface area contributed by atoms with Crippen molar-refractivity contribution in [1.82, 2.24) is 5.32 Å². The quantitative estimate of drug-likeness (QED) is 0.682. The summed E-state index contributed by atoms with van der Waals surface area (Å²) < 4.78 is 19.3. The van der Waals surface area contributed by atoms with Gasteiger partial charge >= 0.3 is 0 Å². The van der Waals surface area contributed by atoms with Crippen molar-refractivity contribution < 1.29 is 9.13 Å². The van der Waals surface area contributed by atoms with Crippen molar-refractivity contribution in [2.45, 2.75) is 38.3 Å². The summed E-state index contributed by atoms with van der Waals surface area (Å²) in [4.78, 5) is 0. The molecule has 0 amide bonds. The molecule has 0 aromatic rings. The van der Waals surface area contributed by atoms with E-state index in [4.69, 9.17) is 4.74 Å². The number of alkyl halides is 1. The third kappa shape index (κ3) is 4.05. The van der Waals surface area contributed by atoms with Gasteiger partial charge in [0.05, 0.1) is 6.61 Å². The van der Waals surface area contributed by atoms with E-state index >= 15 is 0 Å². The standard InChI is InChI=1S/C10H20FNO/c1-2-8-13-9-10(11)4-3-6-12-7-5-10/h12H,2-9H2,1H3. The Labute approximate surface area is 79.8 Å². The number of nitrogens with one attached hydrogen (secondary N) is 1. The minimum atomic E-state index is -1.07. The van der Waals surface area contributed by atoms with Crippen LogP contribution in [0.2, 0.25) is 0 Å². The molecule has 1 fully saturated rings. The highest BCUT2D eigenvalue weighted by Crippen LogP contribution is 2.24. The van der Waals surface area contributed by atoms with E-state index in [1.807, 2.05) is 6.92 Å². The van der Waals surface area contributed by atoms with Gasteiger partial charge in [-0.05, 0) is 38.8 Å². The maximum absolute atomic E-state index is 14.0. The minimum absolute atomic E-state index is 0.280. The van der Waals surface area contributed by atoms with Gasteiger partial charge in [-0.15, -0.1) is 0 Å². The zero-order valence-electron chi connectivity index (χ0n) is 8.44. The Morgan fingerprint density at radius 1 is 1.38 bits per heavy atom. The first-order valence-electron chi connectivity index (χ1n) is 5.24. The molecule has 1 atom stereocenters.